The van der Waals surface area contributed by atoms with Crippen LogP contribution in [-0.2, 0) is 6.42 Å². The van der Waals surface area contributed by atoms with Crippen LogP contribution in [0.25, 0.3) is 0 Å². The number of benzene rings is 2. The molecule has 2 aromatic rings. The van der Waals surface area contributed by atoms with Crippen molar-refractivity contribution in [3.05, 3.63) is 65.5 Å². The fourth-order valence-corrected chi connectivity index (χ4v) is 5.33. The number of nitrogens with zero attached hydrogens (tertiary/aromatic N) is 1. The summed E-state index contributed by atoms with van der Waals surface area (Å²) in [5.41, 5.74) is 2.42. The Kier molecular flexibility index (Phi) is 7.20. The van der Waals surface area contributed by atoms with E-state index in [1.807, 2.05) is 12.1 Å². The topological polar surface area (TPSA) is 61.4 Å². The molecule has 5 rings (SSSR count). The maximum Gasteiger partial charge on any atom is 0.319 e. The third kappa shape index (κ3) is 5.74. The third-order valence-electron chi connectivity index (χ3n) is 6.86. The van der Waals surface area contributed by atoms with Crippen LogP contribution in [-0.4, -0.2) is 42.4 Å². The Morgan fingerprint density at radius 1 is 1.12 bits per heavy atom. The van der Waals surface area contributed by atoms with Gasteiger partial charge in [0.05, 0.1) is 0 Å². The first-order valence-electron chi connectivity index (χ1n) is 11.6. The fourth-order valence-electron chi connectivity index (χ4n) is 5.33. The van der Waals surface area contributed by atoms with Gasteiger partial charge in [0.2, 0.25) is 0 Å². The van der Waals surface area contributed by atoms with Crippen molar-refractivity contribution in [1.29, 1.82) is 0 Å². The van der Waals surface area contributed by atoms with Crippen LogP contribution < -0.4 is 10.6 Å². The summed E-state index contributed by atoms with van der Waals surface area (Å²) in [5, 5.41) is 5.72. The third-order valence-corrected chi connectivity index (χ3v) is 6.86. The quantitative estimate of drug-likeness (QED) is 0.457. The first-order valence-corrected chi connectivity index (χ1v) is 11.6. The Morgan fingerprint density at radius 3 is 2.69 bits per heavy atom. The molecule has 0 unspecified atom stereocenters. The molecule has 2 aliphatic heterocycles. The van der Waals surface area contributed by atoms with E-state index < -0.39 is 0 Å². The second-order valence-corrected chi connectivity index (χ2v) is 9.20. The van der Waals surface area contributed by atoms with E-state index in [4.69, 9.17) is 0 Å². The molecule has 5 nitrogen and oxygen atoms in total. The normalized spacial score (nSPS) is 22.5. The fraction of sp³-hybridized carbons (Fsp3) is 0.462. The number of fused-ring (bicyclic) bond motifs is 3. The van der Waals surface area contributed by atoms with Crippen molar-refractivity contribution in [2.75, 3.05) is 25.0 Å². The molecule has 0 spiro atoms. The van der Waals surface area contributed by atoms with E-state index in [2.05, 4.69) is 15.5 Å². The number of hydrogen-bond donors (Lipinski definition) is 2. The highest BCUT2D eigenvalue weighted by atomic mass is 19.1. The number of urea groups is 1. The Labute approximate surface area is 189 Å². The molecule has 1 saturated carbocycles. The van der Waals surface area contributed by atoms with Gasteiger partial charge >= 0.3 is 6.03 Å². The van der Waals surface area contributed by atoms with E-state index in [0.29, 0.717) is 29.8 Å². The minimum Gasteiger partial charge on any atom is -0.338 e. The molecule has 2 heterocycles. The maximum absolute atomic E-state index is 13.2. The second-order valence-electron chi connectivity index (χ2n) is 9.20. The number of nitrogens with one attached hydrogen (secondary N) is 2. The number of hydrogen-bond acceptors (Lipinski definition) is 3. The lowest BCUT2D eigenvalue weighted by Gasteiger charge is -2.50. The van der Waals surface area contributed by atoms with Crippen LogP contribution in [0.3, 0.4) is 0 Å². The molecule has 2 saturated heterocycles. The first kappa shape index (κ1) is 22.5. The molecular weight excluding hydrogens is 405 g/mol. The number of anilines is 1. The van der Waals surface area contributed by atoms with Gasteiger partial charge in [-0.3, -0.25) is 9.69 Å². The molecule has 1 aliphatic carbocycles. The molecule has 32 heavy (non-hydrogen) atoms. The van der Waals surface area contributed by atoms with Crippen LogP contribution in [0.1, 0.15) is 48.5 Å². The minimum absolute atomic E-state index is 0.0254. The Balaban J connectivity index is 1.22. The number of piperidine rings is 2. The molecule has 2 N–H and O–H groups in total. The predicted octanol–water partition coefficient (Wildman–Crippen LogP) is 4.88. The van der Waals surface area contributed by atoms with Crippen molar-refractivity contribution < 1.29 is 14.0 Å². The minimum atomic E-state index is -0.250. The van der Waals surface area contributed by atoms with Crippen LogP contribution in [0.2, 0.25) is 0 Å². The van der Waals surface area contributed by atoms with Crippen LogP contribution in [0, 0.1) is 17.7 Å². The summed E-state index contributed by atoms with van der Waals surface area (Å²) in [6.45, 7) is 4.24. The summed E-state index contributed by atoms with van der Waals surface area (Å²) in [4.78, 5) is 26.3. The molecule has 2 amide bonds. The van der Waals surface area contributed by atoms with Gasteiger partial charge in [-0.15, -0.1) is 0 Å². The lowest BCUT2D eigenvalue weighted by molar-refractivity contribution is 0.000976. The lowest BCUT2D eigenvalue weighted by Crippen LogP contribution is -2.54. The van der Waals surface area contributed by atoms with Crippen molar-refractivity contribution in [2.24, 2.45) is 11.8 Å². The highest BCUT2D eigenvalue weighted by Gasteiger charge is 2.40. The molecule has 6 heteroatoms. The molecule has 2 bridgehead atoms. The van der Waals surface area contributed by atoms with Crippen molar-refractivity contribution in [2.45, 2.75) is 45.1 Å². The summed E-state index contributed by atoms with van der Waals surface area (Å²) in [6, 6.07) is 14.2. The molecule has 170 valence electrons. The average molecular weight is 438 g/mol. The number of carbonyl (C=O) groups excluding carboxylic acids is 2. The molecule has 3 atom stereocenters. The standard InChI is InChI=1S/C26H32FN3O2/c1-18(31)21-4-2-5-24(16-21)29-26(32)28-12-3-13-30-17-20-8-11-25(30)22(15-20)14-19-6-9-23(27)10-7-19/h2,4-7,9-10,16,20,22,25H,3,8,11-15,17H2,1H3,(H2,28,29,32)/t20-,22+,25+/m1/s1. The SMILES string of the molecule is CC(=O)c1cccc(NC(=O)NCCCN2C[C@@H]3CC[C@H]2[C@@H](Cc2ccc(F)cc2)C3)c1. The largest absolute Gasteiger partial charge is 0.338 e. The second kappa shape index (κ2) is 10.3. The highest BCUT2D eigenvalue weighted by molar-refractivity contribution is 5.96. The highest BCUT2D eigenvalue weighted by Crippen LogP contribution is 2.40. The van der Waals surface area contributed by atoms with E-state index in [-0.39, 0.29) is 17.6 Å². The number of amides is 2. The number of Topliss-reactive ketones (excluding diaryl/α,β-unsaturated/α-hetero) is 1. The summed E-state index contributed by atoms with van der Waals surface area (Å²) in [7, 11) is 0. The Morgan fingerprint density at radius 2 is 1.94 bits per heavy atom. The van der Waals surface area contributed by atoms with E-state index in [0.717, 1.165) is 31.8 Å². The van der Waals surface area contributed by atoms with Gasteiger partial charge in [0.1, 0.15) is 5.82 Å². The molecule has 3 fully saturated rings. The summed E-state index contributed by atoms with van der Waals surface area (Å²) >= 11 is 0. The van der Waals surface area contributed by atoms with Gasteiger partial charge in [-0.1, -0.05) is 24.3 Å². The van der Waals surface area contributed by atoms with Crippen LogP contribution in [0.15, 0.2) is 48.5 Å². The zero-order valence-electron chi connectivity index (χ0n) is 18.6. The predicted molar refractivity (Wildman–Crippen MR) is 124 cm³/mol. The Hall–Kier alpha value is -2.73. The van der Waals surface area contributed by atoms with Gasteiger partial charge in [0.15, 0.2) is 5.78 Å². The van der Waals surface area contributed by atoms with E-state index in [1.54, 1.807) is 36.4 Å². The zero-order chi connectivity index (χ0) is 22.5. The van der Waals surface area contributed by atoms with E-state index >= 15 is 0 Å². The monoisotopic (exact) mass is 437 g/mol. The number of ketones is 1. The zero-order valence-corrected chi connectivity index (χ0v) is 18.6. The summed E-state index contributed by atoms with van der Waals surface area (Å²) in [5.74, 6) is 1.17. The average Bonchev–Trinajstić information content (AvgIpc) is 2.79. The van der Waals surface area contributed by atoms with Crippen LogP contribution in [0.4, 0.5) is 14.9 Å². The molecule has 0 radical (unpaired) electrons. The van der Waals surface area contributed by atoms with Crippen LogP contribution in [0.5, 0.6) is 0 Å². The molecule has 2 aromatic carbocycles. The molecule has 0 aromatic heterocycles. The van der Waals surface area contributed by atoms with E-state index in [9.17, 15) is 14.0 Å². The molecule has 3 aliphatic rings. The summed E-state index contributed by atoms with van der Waals surface area (Å²) in [6.07, 6.45) is 5.71. The number of carbonyl (C=O) groups is 2. The van der Waals surface area contributed by atoms with E-state index in [1.165, 1.54) is 31.7 Å². The van der Waals surface area contributed by atoms with Gasteiger partial charge in [0, 0.05) is 36.9 Å². The number of rotatable bonds is 8. The number of halogens is 1. The smallest absolute Gasteiger partial charge is 0.319 e. The van der Waals surface area contributed by atoms with Gasteiger partial charge < -0.3 is 10.6 Å². The van der Waals surface area contributed by atoms with Gasteiger partial charge in [0.25, 0.3) is 0 Å². The summed E-state index contributed by atoms with van der Waals surface area (Å²) < 4.78 is 13.2. The van der Waals surface area contributed by atoms with Gasteiger partial charge in [-0.2, -0.15) is 0 Å². The van der Waals surface area contributed by atoms with Gasteiger partial charge in [-0.05, 0) is 80.7 Å². The Bertz CT molecular complexity index is 946. The van der Waals surface area contributed by atoms with Gasteiger partial charge in [-0.25, -0.2) is 9.18 Å². The van der Waals surface area contributed by atoms with Crippen molar-refractivity contribution in [1.82, 2.24) is 10.2 Å². The van der Waals surface area contributed by atoms with Crippen molar-refractivity contribution >= 4 is 17.5 Å². The lowest BCUT2D eigenvalue weighted by atomic mass is 9.70. The maximum atomic E-state index is 13.2. The van der Waals surface area contributed by atoms with Crippen molar-refractivity contribution in [3.8, 4) is 0 Å². The first-order chi connectivity index (χ1) is 15.5. The van der Waals surface area contributed by atoms with Crippen molar-refractivity contribution in [3.63, 3.8) is 0 Å². The molecular formula is C26H32FN3O2. The van der Waals surface area contributed by atoms with Crippen LogP contribution >= 0.6 is 0 Å².